The number of nitrogen functional groups attached to an aromatic ring is 1. The first kappa shape index (κ1) is 10.3. The molecule has 2 aromatic rings. The lowest BCUT2D eigenvalue weighted by atomic mass is 9.96. The van der Waals surface area contributed by atoms with Crippen LogP contribution in [0.25, 0.3) is 0 Å². The third kappa shape index (κ3) is 1.70. The molecule has 1 aliphatic heterocycles. The highest BCUT2D eigenvalue weighted by atomic mass is 32.1. The van der Waals surface area contributed by atoms with Crippen molar-refractivity contribution in [1.82, 2.24) is 14.9 Å². The number of benzene rings is 1. The van der Waals surface area contributed by atoms with Gasteiger partial charge in [0, 0.05) is 0 Å². The first-order valence-electron chi connectivity index (χ1n) is 5.39. The van der Waals surface area contributed by atoms with Gasteiger partial charge in [-0.2, -0.15) is 5.10 Å². The Morgan fingerprint density at radius 2 is 2.29 bits per heavy atom. The van der Waals surface area contributed by atoms with E-state index in [-0.39, 0.29) is 5.92 Å². The summed E-state index contributed by atoms with van der Waals surface area (Å²) in [4.78, 5) is 0. The van der Waals surface area contributed by atoms with Crippen molar-refractivity contribution in [3.63, 3.8) is 0 Å². The average Bonchev–Trinajstić information content (AvgIpc) is 2.70. The van der Waals surface area contributed by atoms with Crippen molar-refractivity contribution in [2.24, 2.45) is 0 Å². The van der Waals surface area contributed by atoms with Gasteiger partial charge in [0.2, 0.25) is 4.77 Å². The lowest BCUT2D eigenvalue weighted by molar-refractivity contribution is 0.256. The Balaban J connectivity index is 1.94. The van der Waals surface area contributed by atoms with Crippen LogP contribution >= 0.6 is 12.2 Å². The Bertz CT molecular complexity index is 604. The van der Waals surface area contributed by atoms with Crippen LogP contribution in [0.2, 0.25) is 0 Å². The number of rotatable bonds is 1. The van der Waals surface area contributed by atoms with Crippen molar-refractivity contribution < 1.29 is 4.74 Å². The second kappa shape index (κ2) is 3.89. The van der Waals surface area contributed by atoms with Crippen LogP contribution in [0.1, 0.15) is 17.3 Å². The van der Waals surface area contributed by atoms with Gasteiger partial charge in [0.15, 0.2) is 5.82 Å². The molecule has 17 heavy (non-hydrogen) atoms. The molecule has 0 saturated heterocycles. The van der Waals surface area contributed by atoms with Gasteiger partial charge < -0.3 is 10.6 Å². The van der Waals surface area contributed by atoms with Gasteiger partial charge in [-0.25, -0.2) is 4.68 Å². The number of nitrogens with zero attached hydrogens (tertiary/aromatic N) is 2. The van der Waals surface area contributed by atoms with Crippen LogP contribution in [-0.2, 0) is 6.42 Å². The minimum absolute atomic E-state index is 0.142. The highest BCUT2D eigenvalue weighted by molar-refractivity contribution is 7.71. The van der Waals surface area contributed by atoms with E-state index in [1.54, 1.807) is 0 Å². The van der Waals surface area contributed by atoms with Crippen molar-refractivity contribution in [2.75, 3.05) is 12.4 Å². The maximum absolute atomic E-state index is 5.82. The predicted molar refractivity (Wildman–Crippen MR) is 65.9 cm³/mol. The lowest BCUT2D eigenvalue weighted by Crippen LogP contribution is -2.25. The molecule has 1 aromatic heterocycles. The van der Waals surface area contributed by atoms with E-state index in [0.29, 0.717) is 11.4 Å². The number of nitrogens with one attached hydrogen (secondary N) is 1. The van der Waals surface area contributed by atoms with Gasteiger partial charge in [0.25, 0.3) is 0 Å². The molecule has 1 unspecified atom stereocenters. The molecule has 0 bridgehead atoms. The molecule has 3 N–H and O–H groups in total. The molecule has 0 aliphatic carbocycles. The highest BCUT2D eigenvalue weighted by Crippen LogP contribution is 2.30. The van der Waals surface area contributed by atoms with Gasteiger partial charge in [-0.3, -0.25) is 5.10 Å². The summed E-state index contributed by atoms with van der Waals surface area (Å²) in [7, 11) is 0. The Morgan fingerprint density at radius 3 is 3.06 bits per heavy atom. The number of nitrogens with two attached hydrogens (primary N) is 1. The van der Waals surface area contributed by atoms with E-state index in [2.05, 4.69) is 16.3 Å². The monoisotopic (exact) mass is 248 g/mol. The Hall–Kier alpha value is -1.82. The van der Waals surface area contributed by atoms with Gasteiger partial charge in [0.05, 0.1) is 12.5 Å². The third-order valence-electron chi connectivity index (χ3n) is 2.98. The molecular weight excluding hydrogens is 236 g/mol. The molecular formula is C11H12N4OS. The number of hydrogen-bond acceptors (Lipinski definition) is 4. The van der Waals surface area contributed by atoms with E-state index in [1.165, 1.54) is 10.2 Å². The molecule has 2 heterocycles. The lowest BCUT2D eigenvalue weighted by Gasteiger charge is -2.24. The zero-order valence-corrected chi connectivity index (χ0v) is 9.91. The molecule has 3 rings (SSSR count). The molecule has 5 nitrogen and oxygen atoms in total. The van der Waals surface area contributed by atoms with Crippen molar-refractivity contribution in [1.29, 1.82) is 0 Å². The van der Waals surface area contributed by atoms with Crippen molar-refractivity contribution in [3.05, 3.63) is 40.4 Å². The number of aromatic nitrogens is 3. The topological polar surface area (TPSA) is 68.9 Å². The minimum atomic E-state index is 0.142. The van der Waals surface area contributed by atoms with E-state index in [0.717, 1.165) is 18.0 Å². The molecule has 0 radical (unpaired) electrons. The first-order chi connectivity index (χ1) is 8.25. The fourth-order valence-corrected chi connectivity index (χ4v) is 2.24. The van der Waals surface area contributed by atoms with Gasteiger partial charge in [-0.15, -0.1) is 0 Å². The van der Waals surface area contributed by atoms with E-state index in [9.17, 15) is 0 Å². The molecule has 0 saturated carbocycles. The Morgan fingerprint density at radius 1 is 1.47 bits per heavy atom. The average molecular weight is 248 g/mol. The second-order valence-corrected chi connectivity index (χ2v) is 4.46. The van der Waals surface area contributed by atoms with Gasteiger partial charge >= 0.3 is 0 Å². The molecule has 1 aromatic carbocycles. The van der Waals surface area contributed by atoms with Crippen molar-refractivity contribution in [3.8, 4) is 5.75 Å². The van der Waals surface area contributed by atoms with Gasteiger partial charge in [-0.05, 0) is 30.3 Å². The molecule has 6 heteroatoms. The van der Waals surface area contributed by atoms with Crippen LogP contribution in [0.4, 0.5) is 0 Å². The first-order valence-corrected chi connectivity index (χ1v) is 5.79. The number of hydrogen-bond donors (Lipinski definition) is 2. The standard InChI is InChI=1S/C11H12N4OS/c12-15-10(13-14-11(15)17)8-5-7-3-1-2-4-9(7)16-6-8/h1-4,8H,5-6,12H2,(H,14,17). The molecule has 0 spiro atoms. The summed E-state index contributed by atoms with van der Waals surface area (Å²) >= 11 is 5.00. The zero-order chi connectivity index (χ0) is 11.8. The van der Waals surface area contributed by atoms with Crippen LogP contribution in [0.5, 0.6) is 5.75 Å². The Labute approximate surface area is 103 Å². The number of ether oxygens (including phenoxy) is 1. The predicted octanol–water partition coefficient (Wildman–Crippen LogP) is 1.37. The normalized spacial score (nSPS) is 18.5. The summed E-state index contributed by atoms with van der Waals surface area (Å²) in [5, 5.41) is 6.85. The maximum atomic E-state index is 5.82. The summed E-state index contributed by atoms with van der Waals surface area (Å²) in [6.07, 6.45) is 0.868. The van der Waals surface area contributed by atoms with E-state index in [4.69, 9.17) is 22.8 Å². The smallest absolute Gasteiger partial charge is 0.214 e. The molecule has 88 valence electrons. The van der Waals surface area contributed by atoms with Crippen molar-refractivity contribution in [2.45, 2.75) is 12.3 Å². The quantitative estimate of drug-likeness (QED) is 0.591. The van der Waals surface area contributed by atoms with Crippen LogP contribution in [-0.4, -0.2) is 21.5 Å². The number of H-pyrrole nitrogens is 1. The van der Waals surface area contributed by atoms with Crippen molar-refractivity contribution >= 4 is 12.2 Å². The second-order valence-electron chi connectivity index (χ2n) is 4.08. The summed E-state index contributed by atoms with van der Waals surface area (Å²) in [6.45, 7) is 0.577. The third-order valence-corrected chi connectivity index (χ3v) is 3.26. The molecule has 0 fully saturated rings. The van der Waals surface area contributed by atoms with E-state index < -0.39 is 0 Å². The summed E-state index contributed by atoms with van der Waals surface area (Å²) in [6, 6.07) is 8.01. The Kier molecular flexibility index (Phi) is 2.36. The van der Waals surface area contributed by atoms with Crippen LogP contribution in [0.3, 0.4) is 0 Å². The van der Waals surface area contributed by atoms with Crippen LogP contribution in [0, 0.1) is 4.77 Å². The zero-order valence-electron chi connectivity index (χ0n) is 9.09. The molecule has 1 aliphatic rings. The summed E-state index contributed by atoms with van der Waals surface area (Å²) < 4.78 is 7.54. The van der Waals surface area contributed by atoms with E-state index in [1.807, 2.05) is 18.2 Å². The van der Waals surface area contributed by atoms with Crippen LogP contribution in [0.15, 0.2) is 24.3 Å². The van der Waals surface area contributed by atoms with E-state index >= 15 is 0 Å². The molecule has 0 amide bonds. The summed E-state index contributed by atoms with van der Waals surface area (Å²) in [5.74, 6) is 7.64. The largest absolute Gasteiger partial charge is 0.493 e. The fourth-order valence-electron chi connectivity index (χ4n) is 2.10. The SMILES string of the molecule is Nn1c(C2COc3ccccc3C2)n[nH]c1=S. The highest BCUT2D eigenvalue weighted by Gasteiger charge is 2.24. The summed E-state index contributed by atoms with van der Waals surface area (Å²) in [5.41, 5.74) is 1.18. The minimum Gasteiger partial charge on any atom is -0.493 e. The molecule has 1 atom stereocenters. The number of para-hydroxylation sites is 1. The van der Waals surface area contributed by atoms with Gasteiger partial charge in [0.1, 0.15) is 5.75 Å². The number of aromatic amines is 1. The number of fused-ring (bicyclic) bond motifs is 1. The fraction of sp³-hybridized carbons (Fsp3) is 0.273. The van der Waals surface area contributed by atoms with Gasteiger partial charge in [-0.1, -0.05) is 18.2 Å². The maximum Gasteiger partial charge on any atom is 0.214 e. The van der Waals surface area contributed by atoms with Crippen LogP contribution < -0.4 is 10.6 Å².